The van der Waals surface area contributed by atoms with Crippen molar-refractivity contribution in [3.63, 3.8) is 0 Å². The highest BCUT2D eigenvalue weighted by molar-refractivity contribution is 7.91. The van der Waals surface area contributed by atoms with Crippen molar-refractivity contribution < 1.29 is 13.2 Å². The monoisotopic (exact) mass is 427 g/mol. The number of nitrogens with zero attached hydrogens (tertiary/aromatic N) is 2. The second-order valence-corrected chi connectivity index (χ2v) is 11.2. The maximum absolute atomic E-state index is 12.9. The first-order valence-corrected chi connectivity index (χ1v) is 12.3. The molecule has 0 atom stereocenters. The van der Waals surface area contributed by atoms with Crippen LogP contribution in [0, 0.1) is 12.8 Å². The smallest absolute Gasteiger partial charge is 0.265 e. The molecule has 1 N–H and O–H groups in total. The number of nitrogens with one attached hydrogen (secondary N) is 1. The third-order valence-corrected chi connectivity index (χ3v) is 8.57. The largest absolute Gasteiger partial charge is 0.338 e. The average molecular weight is 428 g/mol. The van der Waals surface area contributed by atoms with Gasteiger partial charge in [0.1, 0.15) is 9.09 Å². The molecule has 2 aromatic rings. The topological polar surface area (TPSA) is 79.4 Å². The van der Waals surface area contributed by atoms with Crippen LogP contribution in [0.1, 0.15) is 47.1 Å². The third-order valence-electron chi connectivity index (χ3n) is 4.48. The van der Waals surface area contributed by atoms with Crippen molar-refractivity contribution in [3.8, 4) is 0 Å². The Hall–Kier alpha value is -1.29. The number of aryl methyl sites for hydroxylation is 1. The molecular formula is C18H25N3O3S3. The van der Waals surface area contributed by atoms with Crippen LogP contribution in [0.4, 0.5) is 0 Å². The number of amides is 1. The quantitative estimate of drug-likeness (QED) is 0.767. The van der Waals surface area contributed by atoms with Crippen LogP contribution >= 0.6 is 22.7 Å². The van der Waals surface area contributed by atoms with Crippen molar-refractivity contribution in [2.45, 2.75) is 50.3 Å². The number of hydrogen-bond acceptors (Lipinski definition) is 6. The Morgan fingerprint density at radius 3 is 2.67 bits per heavy atom. The fourth-order valence-corrected chi connectivity index (χ4v) is 6.68. The van der Waals surface area contributed by atoms with Gasteiger partial charge in [-0.1, -0.05) is 19.9 Å². The van der Waals surface area contributed by atoms with Gasteiger partial charge in [0.25, 0.3) is 5.91 Å². The van der Waals surface area contributed by atoms with E-state index in [2.05, 4.69) is 23.6 Å². The first kappa shape index (κ1) is 20.4. The van der Waals surface area contributed by atoms with Gasteiger partial charge in [-0.05, 0) is 37.1 Å². The highest BCUT2D eigenvalue weighted by Gasteiger charge is 2.29. The Labute approximate surface area is 168 Å². The van der Waals surface area contributed by atoms with Crippen LogP contribution in [0.15, 0.2) is 21.7 Å². The van der Waals surface area contributed by atoms with Gasteiger partial charge in [0, 0.05) is 25.6 Å². The van der Waals surface area contributed by atoms with Crippen LogP contribution in [-0.2, 0) is 16.4 Å². The van der Waals surface area contributed by atoms with Crippen LogP contribution in [0.3, 0.4) is 0 Å². The summed E-state index contributed by atoms with van der Waals surface area (Å²) in [7, 11) is -3.46. The molecule has 1 amide bonds. The number of piperidine rings is 1. The summed E-state index contributed by atoms with van der Waals surface area (Å²) >= 11 is 2.69. The zero-order valence-electron chi connectivity index (χ0n) is 15.8. The number of carbonyl (C=O) groups is 1. The Balaban J connectivity index is 1.59. The van der Waals surface area contributed by atoms with Gasteiger partial charge in [0.15, 0.2) is 0 Å². The lowest BCUT2D eigenvalue weighted by Crippen LogP contribution is -2.46. The highest BCUT2D eigenvalue weighted by Crippen LogP contribution is 2.24. The summed E-state index contributed by atoms with van der Waals surface area (Å²) in [5.41, 5.74) is 0.793. The molecule has 1 aliphatic rings. The predicted molar refractivity (Wildman–Crippen MR) is 109 cm³/mol. The zero-order valence-corrected chi connectivity index (χ0v) is 18.2. The molecule has 1 saturated heterocycles. The summed E-state index contributed by atoms with van der Waals surface area (Å²) in [5.74, 6) is 0.519. The molecule has 2 aromatic heterocycles. The lowest BCUT2D eigenvalue weighted by atomic mass is 10.1. The van der Waals surface area contributed by atoms with Gasteiger partial charge in [0.2, 0.25) is 10.0 Å². The number of thiophene rings is 1. The van der Waals surface area contributed by atoms with Gasteiger partial charge in [-0.15, -0.1) is 22.7 Å². The van der Waals surface area contributed by atoms with Crippen LogP contribution in [0.5, 0.6) is 0 Å². The van der Waals surface area contributed by atoms with Crippen molar-refractivity contribution >= 4 is 38.6 Å². The minimum absolute atomic E-state index is 0.0135. The summed E-state index contributed by atoms with van der Waals surface area (Å²) in [6.07, 6.45) is 2.12. The molecule has 1 aliphatic heterocycles. The summed E-state index contributed by atoms with van der Waals surface area (Å²) in [6, 6.07) is 3.19. The van der Waals surface area contributed by atoms with Gasteiger partial charge in [0.05, 0.1) is 10.7 Å². The molecule has 9 heteroatoms. The second-order valence-electron chi connectivity index (χ2n) is 7.24. The van der Waals surface area contributed by atoms with Gasteiger partial charge in [-0.2, -0.15) is 0 Å². The summed E-state index contributed by atoms with van der Waals surface area (Å²) < 4.78 is 27.8. The van der Waals surface area contributed by atoms with E-state index in [-0.39, 0.29) is 11.9 Å². The minimum atomic E-state index is -3.46. The van der Waals surface area contributed by atoms with Crippen molar-refractivity contribution in [1.29, 1.82) is 0 Å². The summed E-state index contributed by atoms with van der Waals surface area (Å²) in [5, 5.41) is 2.75. The van der Waals surface area contributed by atoms with Crippen LogP contribution < -0.4 is 4.72 Å². The second kappa shape index (κ2) is 8.38. The van der Waals surface area contributed by atoms with Crippen molar-refractivity contribution in [3.05, 3.63) is 33.1 Å². The van der Waals surface area contributed by atoms with E-state index in [9.17, 15) is 13.2 Å². The molecule has 0 spiro atoms. The van der Waals surface area contributed by atoms with E-state index in [0.717, 1.165) is 17.1 Å². The molecular weight excluding hydrogens is 402 g/mol. The van der Waals surface area contributed by atoms with Gasteiger partial charge in [-0.25, -0.2) is 18.1 Å². The fraction of sp³-hybridized carbons (Fsp3) is 0.556. The van der Waals surface area contributed by atoms with E-state index in [1.165, 1.54) is 22.7 Å². The number of aromatic nitrogens is 1. The van der Waals surface area contributed by atoms with Crippen LogP contribution in [0.25, 0.3) is 0 Å². The van der Waals surface area contributed by atoms with Crippen LogP contribution in [0.2, 0.25) is 0 Å². The Bertz CT molecular complexity index is 880. The summed E-state index contributed by atoms with van der Waals surface area (Å²) in [4.78, 5) is 19.9. The molecule has 0 unspecified atom stereocenters. The van der Waals surface area contributed by atoms with Gasteiger partial charge >= 0.3 is 0 Å². The Morgan fingerprint density at radius 2 is 2.07 bits per heavy atom. The van der Waals surface area contributed by atoms with Crippen molar-refractivity contribution in [2.75, 3.05) is 13.1 Å². The van der Waals surface area contributed by atoms with Crippen LogP contribution in [-0.4, -0.2) is 43.3 Å². The third kappa shape index (κ3) is 4.96. The van der Waals surface area contributed by atoms with Gasteiger partial charge < -0.3 is 4.90 Å². The fourth-order valence-electron chi connectivity index (χ4n) is 3.13. The lowest BCUT2D eigenvalue weighted by molar-refractivity contribution is 0.0715. The van der Waals surface area contributed by atoms with Gasteiger partial charge in [-0.3, -0.25) is 4.79 Å². The number of likely N-dealkylation sites (tertiary alicyclic amines) is 1. The lowest BCUT2D eigenvalue weighted by Gasteiger charge is -2.32. The SMILES string of the molecule is Cc1nc(CC(C)C)sc1C(=O)N1CCC(NS(=O)(=O)c2cccs2)CC1. The molecule has 27 heavy (non-hydrogen) atoms. The first-order valence-electron chi connectivity index (χ1n) is 9.07. The maximum Gasteiger partial charge on any atom is 0.265 e. The predicted octanol–water partition coefficient (Wildman–Crippen LogP) is 3.29. The van der Waals surface area contributed by atoms with E-state index < -0.39 is 10.0 Å². The van der Waals surface area contributed by atoms with E-state index in [0.29, 0.717) is 40.9 Å². The molecule has 1 fully saturated rings. The molecule has 0 radical (unpaired) electrons. The maximum atomic E-state index is 12.9. The van der Waals surface area contributed by atoms with E-state index in [4.69, 9.17) is 0 Å². The molecule has 148 valence electrons. The minimum Gasteiger partial charge on any atom is -0.338 e. The van der Waals surface area contributed by atoms with E-state index in [1.807, 2.05) is 11.8 Å². The number of sulfonamides is 1. The number of thiazole rings is 1. The molecule has 0 aromatic carbocycles. The number of hydrogen-bond donors (Lipinski definition) is 1. The standard InChI is InChI=1S/C18H25N3O3S3/c1-12(2)11-15-19-13(3)17(26-15)18(22)21-8-6-14(7-9-21)20-27(23,24)16-5-4-10-25-16/h4-5,10,12,14,20H,6-9,11H2,1-3H3. The van der Waals surface area contributed by atoms with E-state index in [1.54, 1.807) is 17.5 Å². The van der Waals surface area contributed by atoms with Crippen molar-refractivity contribution in [1.82, 2.24) is 14.6 Å². The molecule has 3 heterocycles. The molecule has 6 nitrogen and oxygen atoms in total. The van der Waals surface area contributed by atoms with Crippen molar-refractivity contribution in [2.24, 2.45) is 5.92 Å². The molecule has 0 saturated carbocycles. The Morgan fingerprint density at radius 1 is 1.37 bits per heavy atom. The average Bonchev–Trinajstić information content (AvgIpc) is 3.24. The first-order chi connectivity index (χ1) is 12.8. The Kier molecular flexibility index (Phi) is 6.35. The highest BCUT2D eigenvalue weighted by atomic mass is 32.2. The zero-order chi connectivity index (χ0) is 19.6. The molecule has 0 aliphatic carbocycles. The normalized spacial score (nSPS) is 16.2. The number of carbonyl (C=O) groups excluding carboxylic acids is 1. The van der Waals surface area contributed by atoms with E-state index >= 15 is 0 Å². The summed E-state index contributed by atoms with van der Waals surface area (Å²) in [6.45, 7) is 7.26. The molecule has 3 rings (SSSR count). The number of rotatable bonds is 6. The molecule has 0 bridgehead atoms.